The Morgan fingerprint density at radius 2 is 2.10 bits per heavy atom. The molecule has 2 fully saturated rings. The lowest BCUT2D eigenvalue weighted by molar-refractivity contribution is -0.124. The molecule has 0 radical (unpaired) electrons. The summed E-state index contributed by atoms with van der Waals surface area (Å²) in [4.78, 5) is 16.7. The number of carbonyl (C=O) groups is 1. The minimum atomic E-state index is -0.556. The zero-order valence-electron chi connectivity index (χ0n) is 13.2. The number of primary amides is 1. The van der Waals surface area contributed by atoms with Crippen molar-refractivity contribution in [2.45, 2.75) is 57.2 Å². The molecule has 3 N–H and O–H groups in total. The van der Waals surface area contributed by atoms with E-state index >= 15 is 0 Å². The Bertz CT molecular complexity index is 345. The number of amides is 1. The first-order chi connectivity index (χ1) is 9.40. The van der Waals surface area contributed by atoms with Gasteiger partial charge in [-0.05, 0) is 59.7 Å². The molecule has 1 amide bonds. The van der Waals surface area contributed by atoms with Crippen LogP contribution in [0.15, 0.2) is 0 Å². The second-order valence-electron chi connectivity index (χ2n) is 6.87. The van der Waals surface area contributed by atoms with Gasteiger partial charge < -0.3 is 16.0 Å². The molecule has 1 heterocycles. The summed E-state index contributed by atoms with van der Waals surface area (Å²) in [6, 6.07) is 1.04. The molecule has 5 heteroatoms. The predicted molar refractivity (Wildman–Crippen MR) is 81.5 cm³/mol. The van der Waals surface area contributed by atoms with E-state index in [0.29, 0.717) is 12.1 Å². The Balaban J connectivity index is 1.89. The van der Waals surface area contributed by atoms with Crippen molar-refractivity contribution < 1.29 is 4.79 Å². The molecule has 2 aliphatic rings. The SMILES string of the molecule is CC1CN(C)CCCN1CCC(C)(NC1CC1)C(N)=O. The summed E-state index contributed by atoms with van der Waals surface area (Å²) >= 11 is 0. The van der Waals surface area contributed by atoms with Crippen LogP contribution in [0.1, 0.15) is 39.5 Å². The van der Waals surface area contributed by atoms with E-state index in [-0.39, 0.29) is 5.91 Å². The second kappa shape index (κ2) is 6.41. The van der Waals surface area contributed by atoms with E-state index in [0.717, 1.165) is 32.6 Å². The van der Waals surface area contributed by atoms with Gasteiger partial charge in [0.15, 0.2) is 0 Å². The fraction of sp³-hybridized carbons (Fsp3) is 0.933. The molecule has 0 bridgehead atoms. The van der Waals surface area contributed by atoms with Gasteiger partial charge in [-0.1, -0.05) is 0 Å². The van der Waals surface area contributed by atoms with Crippen LogP contribution in [0, 0.1) is 0 Å². The molecule has 20 heavy (non-hydrogen) atoms. The summed E-state index contributed by atoms with van der Waals surface area (Å²) in [5, 5.41) is 3.43. The average Bonchev–Trinajstić information content (AvgIpc) is 3.16. The normalized spacial score (nSPS) is 28.9. The molecule has 2 rings (SSSR count). The molecule has 116 valence electrons. The molecule has 0 aromatic heterocycles. The van der Waals surface area contributed by atoms with E-state index in [1.54, 1.807) is 0 Å². The van der Waals surface area contributed by atoms with Crippen LogP contribution < -0.4 is 11.1 Å². The van der Waals surface area contributed by atoms with E-state index in [9.17, 15) is 4.79 Å². The Morgan fingerprint density at radius 1 is 1.40 bits per heavy atom. The molecule has 0 aromatic carbocycles. The Morgan fingerprint density at radius 3 is 2.70 bits per heavy atom. The summed E-state index contributed by atoms with van der Waals surface area (Å²) in [5.41, 5.74) is 5.07. The Labute approximate surface area is 122 Å². The highest BCUT2D eigenvalue weighted by Crippen LogP contribution is 2.24. The number of nitrogens with two attached hydrogens (primary N) is 1. The molecule has 1 saturated heterocycles. The zero-order valence-corrected chi connectivity index (χ0v) is 13.2. The van der Waals surface area contributed by atoms with Crippen LogP contribution >= 0.6 is 0 Å². The Hall–Kier alpha value is -0.650. The molecule has 2 atom stereocenters. The molecule has 1 saturated carbocycles. The Kier molecular flexibility index (Phi) is 5.04. The van der Waals surface area contributed by atoms with Crippen molar-refractivity contribution in [2.75, 3.05) is 33.2 Å². The largest absolute Gasteiger partial charge is 0.368 e. The third-order valence-electron chi connectivity index (χ3n) is 4.73. The molecule has 0 spiro atoms. The van der Waals surface area contributed by atoms with E-state index < -0.39 is 5.54 Å². The van der Waals surface area contributed by atoms with Gasteiger partial charge in [0, 0.05) is 25.2 Å². The highest BCUT2D eigenvalue weighted by Gasteiger charge is 2.37. The monoisotopic (exact) mass is 282 g/mol. The minimum absolute atomic E-state index is 0.219. The van der Waals surface area contributed by atoms with Crippen molar-refractivity contribution in [3.63, 3.8) is 0 Å². The number of hydrogen-bond acceptors (Lipinski definition) is 4. The quantitative estimate of drug-likeness (QED) is 0.740. The van der Waals surface area contributed by atoms with Crippen LogP contribution in [0.2, 0.25) is 0 Å². The van der Waals surface area contributed by atoms with E-state index in [2.05, 4.69) is 29.1 Å². The third kappa shape index (κ3) is 4.17. The first-order valence-electron chi connectivity index (χ1n) is 7.91. The maximum atomic E-state index is 11.8. The van der Waals surface area contributed by atoms with Gasteiger partial charge in [-0.2, -0.15) is 0 Å². The number of rotatable bonds is 6. The summed E-state index contributed by atoms with van der Waals surface area (Å²) < 4.78 is 0. The van der Waals surface area contributed by atoms with Gasteiger partial charge in [0.1, 0.15) is 0 Å². The molecule has 0 aromatic rings. The maximum Gasteiger partial charge on any atom is 0.237 e. The number of carbonyl (C=O) groups excluding carboxylic acids is 1. The van der Waals surface area contributed by atoms with Crippen LogP contribution in [-0.2, 0) is 4.79 Å². The minimum Gasteiger partial charge on any atom is -0.368 e. The highest BCUT2D eigenvalue weighted by molar-refractivity contribution is 5.84. The van der Waals surface area contributed by atoms with Crippen molar-refractivity contribution in [3.05, 3.63) is 0 Å². The van der Waals surface area contributed by atoms with Crippen LogP contribution in [0.3, 0.4) is 0 Å². The number of nitrogens with zero attached hydrogens (tertiary/aromatic N) is 2. The lowest BCUT2D eigenvalue weighted by Crippen LogP contribution is -2.56. The van der Waals surface area contributed by atoms with Crippen molar-refractivity contribution in [1.29, 1.82) is 0 Å². The van der Waals surface area contributed by atoms with Crippen LogP contribution in [0.4, 0.5) is 0 Å². The first-order valence-corrected chi connectivity index (χ1v) is 7.91. The van der Waals surface area contributed by atoms with Gasteiger partial charge >= 0.3 is 0 Å². The third-order valence-corrected chi connectivity index (χ3v) is 4.73. The van der Waals surface area contributed by atoms with Gasteiger partial charge in [0.25, 0.3) is 0 Å². The molecular formula is C15H30N4O. The van der Waals surface area contributed by atoms with Gasteiger partial charge in [-0.3, -0.25) is 9.69 Å². The topological polar surface area (TPSA) is 61.6 Å². The van der Waals surface area contributed by atoms with Crippen molar-refractivity contribution in [2.24, 2.45) is 5.73 Å². The maximum absolute atomic E-state index is 11.8. The first kappa shape index (κ1) is 15.7. The van der Waals surface area contributed by atoms with Crippen molar-refractivity contribution in [3.8, 4) is 0 Å². The highest BCUT2D eigenvalue weighted by atomic mass is 16.1. The fourth-order valence-corrected chi connectivity index (χ4v) is 3.07. The molecule has 1 aliphatic carbocycles. The van der Waals surface area contributed by atoms with Crippen LogP contribution in [0.5, 0.6) is 0 Å². The summed E-state index contributed by atoms with van der Waals surface area (Å²) in [5.74, 6) is -0.219. The fourth-order valence-electron chi connectivity index (χ4n) is 3.07. The van der Waals surface area contributed by atoms with Gasteiger partial charge in [0.2, 0.25) is 5.91 Å². The van der Waals surface area contributed by atoms with E-state index in [1.165, 1.54) is 19.3 Å². The number of likely N-dealkylation sites (N-methyl/N-ethyl adjacent to an activating group) is 1. The van der Waals surface area contributed by atoms with Crippen molar-refractivity contribution >= 4 is 5.91 Å². The van der Waals surface area contributed by atoms with Crippen molar-refractivity contribution in [1.82, 2.24) is 15.1 Å². The zero-order chi connectivity index (χ0) is 14.8. The molecule has 2 unspecified atom stereocenters. The lowest BCUT2D eigenvalue weighted by atomic mass is 9.96. The molecule has 5 nitrogen and oxygen atoms in total. The average molecular weight is 282 g/mol. The standard InChI is InChI=1S/C15H30N4O/c1-12-11-18(3)8-4-9-19(12)10-7-15(2,14(16)20)17-13-5-6-13/h12-13,17H,4-11H2,1-3H3,(H2,16,20). The summed E-state index contributed by atoms with van der Waals surface area (Å²) in [6.07, 6.45) is 4.35. The smallest absolute Gasteiger partial charge is 0.237 e. The lowest BCUT2D eigenvalue weighted by Gasteiger charge is -2.33. The van der Waals surface area contributed by atoms with Gasteiger partial charge in [0.05, 0.1) is 5.54 Å². The second-order valence-corrected chi connectivity index (χ2v) is 6.87. The van der Waals surface area contributed by atoms with E-state index in [1.807, 2.05) is 6.92 Å². The number of nitrogens with one attached hydrogen (secondary N) is 1. The van der Waals surface area contributed by atoms with Crippen LogP contribution in [0.25, 0.3) is 0 Å². The number of hydrogen-bond donors (Lipinski definition) is 2. The van der Waals surface area contributed by atoms with Gasteiger partial charge in [-0.25, -0.2) is 0 Å². The molecular weight excluding hydrogens is 252 g/mol. The summed E-state index contributed by atoms with van der Waals surface area (Å²) in [6.45, 7) is 8.55. The summed E-state index contributed by atoms with van der Waals surface area (Å²) in [7, 11) is 2.18. The molecule has 1 aliphatic heterocycles. The van der Waals surface area contributed by atoms with Gasteiger partial charge in [-0.15, -0.1) is 0 Å². The predicted octanol–water partition coefficient (Wildman–Crippen LogP) is 0.399. The van der Waals surface area contributed by atoms with Crippen LogP contribution in [-0.4, -0.2) is 66.6 Å². The van der Waals surface area contributed by atoms with E-state index in [4.69, 9.17) is 5.73 Å².